The van der Waals surface area contributed by atoms with Crippen molar-refractivity contribution in [1.82, 2.24) is 9.88 Å². The number of H-pyrrole nitrogens is 1. The molecule has 3 N–H and O–H groups in total. The van der Waals surface area contributed by atoms with E-state index in [2.05, 4.69) is 4.98 Å². The highest BCUT2D eigenvalue weighted by Gasteiger charge is 2.31. The number of hydrogen-bond acceptors (Lipinski definition) is 2. The Hall–Kier alpha value is -1.29. The van der Waals surface area contributed by atoms with Crippen molar-refractivity contribution in [1.29, 1.82) is 0 Å². The fourth-order valence-corrected chi connectivity index (χ4v) is 2.17. The van der Waals surface area contributed by atoms with Crippen molar-refractivity contribution in [3.05, 3.63) is 24.0 Å². The number of carbonyl (C=O) groups is 1. The quantitative estimate of drug-likeness (QED) is 0.760. The molecule has 4 nitrogen and oxygen atoms in total. The zero-order chi connectivity index (χ0) is 10.8. The summed E-state index contributed by atoms with van der Waals surface area (Å²) in [6, 6.07) is 3.78. The highest BCUT2D eigenvalue weighted by atomic mass is 16.2. The van der Waals surface area contributed by atoms with Gasteiger partial charge in [0.05, 0.1) is 12.1 Å². The van der Waals surface area contributed by atoms with Gasteiger partial charge in [-0.25, -0.2) is 0 Å². The van der Waals surface area contributed by atoms with E-state index in [1.807, 2.05) is 23.2 Å². The summed E-state index contributed by atoms with van der Waals surface area (Å²) in [6.07, 6.45) is 3.98. The summed E-state index contributed by atoms with van der Waals surface area (Å²) in [6.45, 7) is 2.57. The van der Waals surface area contributed by atoms with Gasteiger partial charge in [-0.2, -0.15) is 0 Å². The Morgan fingerprint density at radius 3 is 3.13 bits per heavy atom. The van der Waals surface area contributed by atoms with Crippen molar-refractivity contribution in [3.63, 3.8) is 0 Å². The molecule has 2 rings (SSSR count). The maximum absolute atomic E-state index is 11.8. The van der Waals surface area contributed by atoms with Crippen LogP contribution in [0.2, 0.25) is 0 Å². The van der Waals surface area contributed by atoms with E-state index >= 15 is 0 Å². The van der Waals surface area contributed by atoms with Gasteiger partial charge in [-0.05, 0) is 31.9 Å². The molecular weight excluding hydrogens is 190 g/mol. The molecule has 2 heterocycles. The molecule has 1 aliphatic rings. The van der Waals surface area contributed by atoms with Crippen LogP contribution in [0.1, 0.15) is 31.5 Å². The lowest BCUT2D eigenvalue weighted by Crippen LogP contribution is -2.41. The summed E-state index contributed by atoms with van der Waals surface area (Å²) in [4.78, 5) is 16.9. The van der Waals surface area contributed by atoms with Crippen molar-refractivity contribution in [2.45, 2.75) is 31.8 Å². The van der Waals surface area contributed by atoms with Crippen LogP contribution in [-0.2, 0) is 4.79 Å². The Morgan fingerprint density at radius 2 is 2.53 bits per heavy atom. The van der Waals surface area contributed by atoms with Gasteiger partial charge in [-0.3, -0.25) is 4.79 Å². The normalized spacial score (nSPS) is 23.1. The highest BCUT2D eigenvalue weighted by molar-refractivity contribution is 5.81. The molecule has 1 aromatic heterocycles. The maximum atomic E-state index is 11.8. The predicted octanol–water partition coefficient (Wildman–Crippen LogP) is 1.03. The third-order valence-corrected chi connectivity index (χ3v) is 2.91. The van der Waals surface area contributed by atoms with Gasteiger partial charge in [0.25, 0.3) is 0 Å². The average molecular weight is 207 g/mol. The van der Waals surface area contributed by atoms with Crippen LogP contribution in [0.4, 0.5) is 0 Å². The Kier molecular flexibility index (Phi) is 2.77. The minimum absolute atomic E-state index is 0.0482. The van der Waals surface area contributed by atoms with Gasteiger partial charge in [-0.15, -0.1) is 0 Å². The minimum atomic E-state index is -0.402. The number of nitrogens with two attached hydrogens (primary N) is 1. The number of carbonyl (C=O) groups excluding carboxylic acids is 1. The van der Waals surface area contributed by atoms with Crippen LogP contribution in [0.25, 0.3) is 0 Å². The topological polar surface area (TPSA) is 62.1 Å². The zero-order valence-corrected chi connectivity index (χ0v) is 8.94. The second-order valence-corrected chi connectivity index (χ2v) is 4.10. The van der Waals surface area contributed by atoms with E-state index in [0.717, 1.165) is 25.1 Å². The van der Waals surface area contributed by atoms with E-state index in [4.69, 9.17) is 5.73 Å². The van der Waals surface area contributed by atoms with Crippen LogP contribution in [0.3, 0.4) is 0 Å². The minimum Gasteiger partial charge on any atom is -0.363 e. The lowest BCUT2D eigenvalue weighted by Gasteiger charge is -2.25. The Balaban J connectivity index is 2.15. The molecule has 1 aromatic rings. The third kappa shape index (κ3) is 1.90. The van der Waals surface area contributed by atoms with Gasteiger partial charge in [0.15, 0.2) is 0 Å². The molecule has 0 aromatic carbocycles. The molecule has 82 valence electrons. The summed E-state index contributed by atoms with van der Waals surface area (Å²) in [7, 11) is 0. The van der Waals surface area contributed by atoms with Crippen molar-refractivity contribution < 1.29 is 4.79 Å². The fourth-order valence-electron chi connectivity index (χ4n) is 2.17. The number of nitrogens with zero attached hydrogens (tertiary/aromatic N) is 1. The molecule has 15 heavy (non-hydrogen) atoms. The summed E-state index contributed by atoms with van der Waals surface area (Å²) in [5.74, 6) is 0.0482. The van der Waals surface area contributed by atoms with Gasteiger partial charge in [-0.1, -0.05) is 0 Å². The van der Waals surface area contributed by atoms with Gasteiger partial charge in [0.1, 0.15) is 0 Å². The van der Waals surface area contributed by atoms with Crippen molar-refractivity contribution in [2.24, 2.45) is 5.73 Å². The lowest BCUT2D eigenvalue weighted by atomic mass is 10.1. The van der Waals surface area contributed by atoms with Crippen molar-refractivity contribution >= 4 is 5.91 Å². The van der Waals surface area contributed by atoms with E-state index in [0.29, 0.717) is 0 Å². The standard InChI is InChI=1S/C11H17N3O/c1-8(12)11(15)14-7-3-5-10(14)9-4-2-6-13-9/h2,4,6,8,10,13H,3,5,7,12H2,1H3/t8-,10?/m0/s1. The van der Waals surface area contributed by atoms with Gasteiger partial charge >= 0.3 is 0 Å². The van der Waals surface area contributed by atoms with E-state index in [1.165, 1.54) is 0 Å². The molecule has 0 bridgehead atoms. The summed E-state index contributed by atoms with van der Waals surface area (Å²) < 4.78 is 0. The van der Waals surface area contributed by atoms with Crippen LogP contribution in [0.15, 0.2) is 18.3 Å². The number of rotatable bonds is 2. The number of nitrogens with one attached hydrogen (secondary N) is 1. The second-order valence-electron chi connectivity index (χ2n) is 4.10. The summed E-state index contributed by atoms with van der Waals surface area (Å²) >= 11 is 0. The van der Waals surface area contributed by atoms with Crippen molar-refractivity contribution in [2.75, 3.05) is 6.54 Å². The maximum Gasteiger partial charge on any atom is 0.239 e. The molecule has 2 atom stereocenters. The third-order valence-electron chi connectivity index (χ3n) is 2.91. The Morgan fingerprint density at radius 1 is 1.73 bits per heavy atom. The number of likely N-dealkylation sites (tertiary alicyclic amines) is 1. The number of aromatic nitrogens is 1. The first kappa shape index (κ1) is 10.2. The van der Waals surface area contributed by atoms with E-state index in [-0.39, 0.29) is 11.9 Å². The monoisotopic (exact) mass is 207 g/mol. The summed E-state index contributed by atoms with van der Waals surface area (Å²) in [5, 5.41) is 0. The molecular formula is C11H17N3O. The van der Waals surface area contributed by atoms with Gasteiger partial charge < -0.3 is 15.6 Å². The van der Waals surface area contributed by atoms with Crippen LogP contribution in [0, 0.1) is 0 Å². The molecule has 4 heteroatoms. The Bertz CT molecular complexity index is 332. The second kappa shape index (κ2) is 4.06. The van der Waals surface area contributed by atoms with Gasteiger partial charge in [0, 0.05) is 18.4 Å². The number of aromatic amines is 1. The summed E-state index contributed by atoms with van der Waals surface area (Å²) in [5.41, 5.74) is 6.74. The number of hydrogen-bond donors (Lipinski definition) is 2. The molecule has 1 amide bonds. The predicted molar refractivity (Wildman–Crippen MR) is 58.1 cm³/mol. The molecule has 1 fully saturated rings. The molecule has 0 spiro atoms. The van der Waals surface area contributed by atoms with Crippen LogP contribution in [0.5, 0.6) is 0 Å². The number of amides is 1. The van der Waals surface area contributed by atoms with Crippen molar-refractivity contribution in [3.8, 4) is 0 Å². The van der Waals surface area contributed by atoms with Crippen LogP contribution >= 0.6 is 0 Å². The smallest absolute Gasteiger partial charge is 0.239 e. The van der Waals surface area contributed by atoms with Gasteiger partial charge in [0.2, 0.25) is 5.91 Å². The average Bonchev–Trinajstić information content (AvgIpc) is 2.86. The van der Waals surface area contributed by atoms with Crippen LogP contribution in [-0.4, -0.2) is 28.4 Å². The molecule has 1 saturated heterocycles. The SMILES string of the molecule is C[C@H](N)C(=O)N1CCCC1c1ccc[nH]1. The first-order valence-corrected chi connectivity index (χ1v) is 5.39. The first-order chi connectivity index (χ1) is 7.20. The molecule has 0 saturated carbocycles. The molecule has 0 radical (unpaired) electrons. The molecule has 1 unspecified atom stereocenters. The van der Waals surface area contributed by atoms with E-state index in [9.17, 15) is 4.79 Å². The van der Waals surface area contributed by atoms with Crippen LogP contribution < -0.4 is 5.73 Å². The Labute approximate surface area is 89.5 Å². The molecule has 1 aliphatic heterocycles. The fraction of sp³-hybridized carbons (Fsp3) is 0.545. The van der Waals surface area contributed by atoms with E-state index in [1.54, 1.807) is 6.92 Å². The first-order valence-electron chi connectivity index (χ1n) is 5.39. The molecule has 0 aliphatic carbocycles. The van der Waals surface area contributed by atoms with E-state index < -0.39 is 6.04 Å². The lowest BCUT2D eigenvalue weighted by molar-refractivity contribution is -0.133. The zero-order valence-electron chi connectivity index (χ0n) is 8.94. The highest BCUT2D eigenvalue weighted by Crippen LogP contribution is 2.30. The largest absolute Gasteiger partial charge is 0.363 e.